The highest BCUT2D eigenvalue weighted by Crippen LogP contribution is 2.45. The standard InChI is InChI=1S/C26H26FN3O5/c1-26(7-8-26)30-16-23(35-25(33)34)24(32)18-13-19(27)21(14-20(18)30)29-11-9-28(10-12-29)15-22(31)17-5-3-2-4-6-17/h2-6,13-14,16H,7-12,15H2,1H3,(H,33,34). The number of rotatable bonds is 6. The van der Waals surface area contributed by atoms with E-state index in [-0.39, 0.29) is 22.5 Å². The predicted molar refractivity (Wildman–Crippen MR) is 129 cm³/mol. The number of hydrogen-bond acceptors (Lipinski definition) is 6. The summed E-state index contributed by atoms with van der Waals surface area (Å²) in [5.41, 5.74) is 0.668. The highest BCUT2D eigenvalue weighted by Gasteiger charge is 2.40. The van der Waals surface area contributed by atoms with Gasteiger partial charge in [0.05, 0.1) is 29.3 Å². The van der Waals surface area contributed by atoms with Gasteiger partial charge in [-0.15, -0.1) is 0 Å². The predicted octanol–water partition coefficient (Wildman–Crippen LogP) is 3.71. The molecule has 182 valence electrons. The maximum atomic E-state index is 15.2. The van der Waals surface area contributed by atoms with Crippen LogP contribution in [0.25, 0.3) is 10.9 Å². The van der Waals surface area contributed by atoms with E-state index in [0.29, 0.717) is 49.5 Å². The van der Waals surface area contributed by atoms with Crippen LogP contribution >= 0.6 is 0 Å². The number of pyridine rings is 1. The highest BCUT2D eigenvalue weighted by molar-refractivity contribution is 5.97. The largest absolute Gasteiger partial charge is 0.511 e. The van der Waals surface area contributed by atoms with Crippen LogP contribution in [0.3, 0.4) is 0 Å². The fourth-order valence-electron chi connectivity index (χ4n) is 4.65. The van der Waals surface area contributed by atoms with Gasteiger partial charge in [0.1, 0.15) is 5.82 Å². The average molecular weight is 480 g/mol. The summed E-state index contributed by atoms with van der Waals surface area (Å²) < 4.78 is 21.8. The smallest absolute Gasteiger partial charge is 0.449 e. The van der Waals surface area contributed by atoms with Gasteiger partial charge in [-0.25, -0.2) is 9.18 Å². The van der Waals surface area contributed by atoms with Crippen molar-refractivity contribution in [1.29, 1.82) is 0 Å². The minimum Gasteiger partial charge on any atom is -0.449 e. The number of halogens is 1. The van der Waals surface area contributed by atoms with Gasteiger partial charge in [-0.2, -0.15) is 0 Å². The Bertz CT molecular complexity index is 1360. The van der Waals surface area contributed by atoms with E-state index < -0.39 is 17.4 Å². The number of nitrogens with zero attached hydrogens (tertiary/aromatic N) is 3. The molecule has 9 heteroatoms. The molecule has 3 aromatic rings. The topological polar surface area (TPSA) is 92.1 Å². The van der Waals surface area contributed by atoms with Gasteiger partial charge in [-0.3, -0.25) is 14.5 Å². The maximum absolute atomic E-state index is 15.2. The van der Waals surface area contributed by atoms with Crippen LogP contribution in [-0.4, -0.2) is 59.2 Å². The van der Waals surface area contributed by atoms with E-state index >= 15 is 4.39 Å². The summed E-state index contributed by atoms with van der Waals surface area (Å²) in [6.07, 6.45) is 1.55. The van der Waals surface area contributed by atoms with E-state index in [1.807, 2.05) is 34.6 Å². The molecule has 1 saturated carbocycles. The lowest BCUT2D eigenvalue weighted by molar-refractivity contribution is 0.0926. The highest BCUT2D eigenvalue weighted by atomic mass is 19.1. The summed E-state index contributed by atoms with van der Waals surface area (Å²) in [6, 6.07) is 12.0. The molecule has 2 fully saturated rings. The van der Waals surface area contributed by atoms with E-state index in [4.69, 9.17) is 9.84 Å². The third kappa shape index (κ3) is 4.51. The fraction of sp³-hybridized carbons (Fsp3) is 0.346. The molecule has 1 N–H and O–H groups in total. The Kier molecular flexibility index (Phi) is 5.80. The fourth-order valence-corrected chi connectivity index (χ4v) is 4.65. The molecular weight excluding hydrogens is 453 g/mol. The lowest BCUT2D eigenvalue weighted by Crippen LogP contribution is -2.48. The molecule has 35 heavy (non-hydrogen) atoms. The Hall–Kier alpha value is -3.72. The number of ether oxygens (including phenoxy) is 1. The summed E-state index contributed by atoms with van der Waals surface area (Å²) in [6.45, 7) is 4.59. The van der Waals surface area contributed by atoms with Crippen molar-refractivity contribution in [3.63, 3.8) is 0 Å². The zero-order valence-electron chi connectivity index (χ0n) is 19.4. The average Bonchev–Trinajstić information content (AvgIpc) is 3.60. The Morgan fingerprint density at radius 1 is 1.09 bits per heavy atom. The summed E-state index contributed by atoms with van der Waals surface area (Å²) in [4.78, 5) is 40.4. The first kappa shape index (κ1) is 23.0. The van der Waals surface area contributed by atoms with E-state index in [1.165, 1.54) is 12.3 Å². The molecule has 0 amide bonds. The van der Waals surface area contributed by atoms with E-state index in [9.17, 15) is 14.4 Å². The van der Waals surface area contributed by atoms with Crippen molar-refractivity contribution in [3.05, 3.63) is 70.3 Å². The van der Waals surface area contributed by atoms with Crippen molar-refractivity contribution >= 4 is 28.5 Å². The van der Waals surface area contributed by atoms with Crippen LogP contribution in [0.15, 0.2) is 53.5 Å². The first-order chi connectivity index (χ1) is 16.7. The number of fused-ring (bicyclic) bond motifs is 1. The molecule has 2 heterocycles. The molecule has 1 saturated heterocycles. The van der Waals surface area contributed by atoms with Crippen LogP contribution in [0.5, 0.6) is 5.75 Å². The normalized spacial score (nSPS) is 17.4. The Morgan fingerprint density at radius 3 is 2.40 bits per heavy atom. The van der Waals surface area contributed by atoms with Crippen molar-refractivity contribution in [2.75, 3.05) is 37.6 Å². The molecule has 0 radical (unpaired) electrons. The second kappa shape index (κ2) is 8.81. The van der Waals surface area contributed by atoms with Crippen LogP contribution in [0.4, 0.5) is 14.9 Å². The summed E-state index contributed by atoms with van der Waals surface area (Å²) in [5, 5.41) is 9.09. The third-order valence-electron chi connectivity index (χ3n) is 6.97. The second-order valence-corrected chi connectivity index (χ2v) is 9.43. The van der Waals surface area contributed by atoms with E-state index in [1.54, 1.807) is 18.2 Å². The van der Waals surface area contributed by atoms with Crippen LogP contribution < -0.4 is 15.1 Å². The number of carboxylic acid groups (broad SMARTS) is 1. The molecule has 0 spiro atoms. The van der Waals surface area contributed by atoms with Gasteiger partial charge in [0.25, 0.3) is 0 Å². The Labute approximate surface area is 201 Å². The number of hydrogen-bond donors (Lipinski definition) is 1. The third-order valence-corrected chi connectivity index (χ3v) is 6.97. The number of piperazine rings is 1. The van der Waals surface area contributed by atoms with Crippen LogP contribution in [0, 0.1) is 5.82 Å². The monoisotopic (exact) mass is 479 g/mol. The summed E-state index contributed by atoms with van der Waals surface area (Å²) >= 11 is 0. The van der Waals surface area contributed by atoms with Gasteiger partial charge in [0.15, 0.2) is 11.5 Å². The Balaban J connectivity index is 1.40. The lowest BCUT2D eigenvalue weighted by atomic mass is 10.1. The molecule has 0 bridgehead atoms. The first-order valence-corrected chi connectivity index (χ1v) is 11.6. The number of carbonyl (C=O) groups is 2. The number of Topliss-reactive ketones (excluding diaryl/α,β-unsaturated/α-hetero) is 1. The zero-order chi connectivity index (χ0) is 24.7. The van der Waals surface area contributed by atoms with Crippen LogP contribution in [-0.2, 0) is 5.54 Å². The van der Waals surface area contributed by atoms with Crippen LogP contribution in [0.1, 0.15) is 30.1 Å². The van der Waals surface area contributed by atoms with Crippen molar-refractivity contribution in [1.82, 2.24) is 9.47 Å². The summed E-state index contributed by atoms with van der Waals surface area (Å²) in [5.74, 6) is -0.831. The summed E-state index contributed by atoms with van der Waals surface area (Å²) in [7, 11) is 0. The van der Waals surface area contributed by atoms with Gasteiger partial charge in [-0.1, -0.05) is 30.3 Å². The van der Waals surface area contributed by atoms with Gasteiger partial charge in [-0.05, 0) is 31.9 Å². The van der Waals surface area contributed by atoms with E-state index in [0.717, 1.165) is 12.8 Å². The quantitative estimate of drug-likeness (QED) is 0.426. The first-order valence-electron chi connectivity index (χ1n) is 11.6. The van der Waals surface area contributed by atoms with Crippen molar-refractivity contribution in [2.24, 2.45) is 0 Å². The molecule has 2 aliphatic rings. The minimum absolute atomic E-state index is 0.0528. The zero-order valence-corrected chi connectivity index (χ0v) is 19.4. The molecule has 8 nitrogen and oxygen atoms in total. The number of carbonyl (C=O) groups excluding carboxylic acids is 1. The minimum atomic E-state index is -1.59. The van der Waals surface area contributed by atoms with Gasteiger partial charge < -0.3 is 19.3 Å². The molecular formula is C26H26FN3O5. The van der Waals surface area contributed by atoms with Crippen LogP contribution in [0.2, 0.25) is 0 Å². The second-order valence-electron chi connectivity index (χ2n) is 9.43. The van der Waals surface area contributed by atoms with Gasteiger partial charge in [0, 0.05) is 37.3 Å². The lowest BCUT2D eigenvalue weighted by Gasteiger charge is -2.36. The molecule has 0 atom stereocenters. The van der Waals surface area contributed by atoms with Gasteiger partial charge in [0.2, 0.25) is 5.43 Å². The molecule has 1 aliphatic carbocycles. The van der Waals surface area contributed by atoms with Gasteiger partial charge >= 0.3 is 6.16 Å². The molecule has 5 rings (SSSR count). The van der Waals surface area contributed by atoms with Crippen molar-refractivity contribution in [3.8, 4) is 5.75 Å². The molecule has 1 aliphatic heterocycles. The maximum Gasteiger partial charge on any atom is 0.511 e. The number of anilines is 1. The molecule has 1 aromatic heterocycles. The molecule has 2 aromatic carbocycles. The van der Waals surface area contributed by atoms with Crippen molar-refractivity contribution < 1.29 is 23.8 Å². The van der Waals surface area contributed by atoms with Crippen molar-refractivity contribution in [2.45, 2.75) is 25.3 Å². The Morgan fingerprint density at radius 2 is 1.77 bits per heavy atom. The van der Waals surface area contributed by atoms with E-state index in [2.05, 4.69) is 4.90 Å². The SMILES string of the molecule is CC1(n2cc(OC(=O)O)c(=O)c3cc(F)c(N4CCN(CC(=O)c5ccccc5)CC4)cc32)CC1. The number of aromatic nitrogens is 1. The number of ketones is 1. The number of benzene rings is 2. The molecule has 0 unspecified atom stereocenters.